The highest BCUT2D eigenvalue weighted by atomic mass is 16.6. The largest absolute Gasteiger partial charge is 0.344 e. The van der Waals surface area contributed by atoms with E-state index in [-0.39, 0.29) is 12.2 Å². The molecule has 0 aliphatic carbocycles. The minimum Gasteiger partial charge on any atom is -0.344 e. The highest BCUT2D eigenvalue weighted by Crippen LogP contribution is 2.11. The van der Waals surface area contributed by atoms with Gasteiger partial charge in [0.05, 0.1) is 11.1 Å². The van der Waals surface area contributed by atoms with Crippen molar-refractivity contribution in [1.82, 2.24) is 10.7 Å². The number of hydrogen-bond donors (Lipinski definition) is 2. The molecule has 0 atom stereocenters. The first-order valence-corrected chi connectivity index (χ1v) is 6.96. The van der Waals surface area contributed by atoms with Gasteiger partial charge in [0.15, 0.2) is 0 Å². The average Bonchev–Trinajstić information content (AvgIpc) is 2.60. The fourth-order valence-corrected chi connectivity index (χ4v) is 1.79. The highest BCUT2D eigenvalue weighted by Gasteiger charge is 2.11. The first-order valence-electron chi connectivity index (χ1n) is 6.96. The number of hydrogen-bond acceptors (Lipinski definition) is 5. The molecule has 0 fully saturated rings. The van der Waals surface area contributed by atoms with Gasteiger partial charge in [0.1, 0.15) is 0 Å². The molecule has 0 aromatic heterocycles. The molecule has 0 spiro atoms. The number of nitro groups is 1. The van der Waals surface area contributed by atoms with Crippen LogP contribution in [-0.4, -0.2) is 23.0 Å². The molecule has 2 aromatic carbocycles. The SMILES string of the molecule is O=C(NCc1ccccc1)C(=O)N/N=C\c1cccc([N+](=O)[O-])c1. The number of non-ortho nitro benzene ring substituents is 1. The summed E-state index contributed by atoms with van der Waals surface area (Å²) in [5, 5.41) is 16.7. The van der Waals surface area contributed by atoms with Crippen LogP contribution < -0.4 is 10.7 Å². The zero-order chi connectivity index (χ0) is 17.4. The summed E-state index contributed by atoms with van der Waals surface area (Å²) in [4.78, 5) is 33.3. The van der Waals surface area contributed by atoms with Crippen LogP contribution in [0.25, 0.3) is 0 Å². The van der Waals surface area contributed by atoms with Crippen molar-refractivity contribution in [3.05, 3.63) is 75.8 Å². The molecular weight excluding hydrogens is 312 g/mol. The van der Waals surface area contributed by atoms with E-state index in [1.165, 1.54) is 24.4 Å². The van der Waals surface area contributed by atoms with Crippen LogP contribution in [-0.2, 0) is 16.1 Å². The van der Waals surface area contributed by atoms with Crippen LogP contribution in [0, 0.1) is 10.1 Å². The molecule has 2 rings (SSSR count). The summed E-state index contributed by atoms with van der Waals surface area (Å²) >= 11 is 0. The fraction of sp³-hybridized carbons (Fsp3) is 0.0625. The third-order valence-corrected chi connectivity index (χ3v) is 2.96. The number of rotatable bonds is 5. The van der Waals surface area contributed by atoms with Gasteiger partial charge in [-0.05, 0) is 5.56 Å². The topological polar surface area (TPSA) is 114 Å². The number of carbonyl (C=O) groups excluding carboxylic acids is 2. The van der Waals surface area contributed by atoms with Crippen LogP contribution in [0.2, 0.25) is 0 Å². The van der Waals surface area contributed by atoms with Crippen molar-refractivity contribution >= 4 is 23.7 Å². The van der Waals surface area contributed by atoms with Crippen LogP contribution in [0.5, 0.6) is 0 Å². The van der Waals surface area contributed by atoms with E-state index >= 15 is 0 Å². The monoisotopic (exact) mass is 326 g/mol. The highest BCUT2D eigenvalue weighted by molar-refractivity contribution is 6.35. The Morgan fingerprint density at radius 1 is 1.08 bits per heavy atom. The minimum atomic E-state index is -0.924. The van der Waals surface area contributed by atoms with E-state index in [9.17, 15) is 19.7 Å². The van der Waals surface area contributed by atoms with Gasteiger partial charge in [-0.1, -0.05) is 42.5 Å². The molecule has 0 radical (unpaired) electrons. The molecule has 2 amide bonds. The molecule has 2 N–H and O–H groups in total. The Morgan fingerprint density at radius 3 is 2.54 bits per heavy atom. The molecule has 0 saturated carbocycles. The van der Waals surface area contributed by atoms with Gasteiger partial charge >= 0.3 is 11.8 Å². The lowest BCUT2D eigenvalue weighted by molar-refractivity contribution is -0.384. The van der Waals surface area contributed by atoms with Gasteiger partial charge in [-0.15, -0.1) is 0 Å². The number of carbonyl (C=O) groups is 2. The molecule has 0 bridgehead atoms. The lowest BCUT2D eigenvalue weighted by atomic mass is 10.2. The molecule has 2 aromatic rings. The summed E-state index contributed by atoms with van der Waals surface area (Å²) in [6, 6.07) is 14.8. The fourth-order valence-electron chi connectivity index (χ4n) is 1.79. The van der Waals surface area contributed by atoms with Crippen molar-refractivity contribution in [1.29, 1.82) is 0 Å². The van der Waals surface area contributed by atoms with Gasteiger partial charge in [-0.2, -0.15) is 5.10 Å². The molecule has 0 aliphatic rings. The van der Waals surface area contributed by atoms with Crippen molar-refractivity contribution in [2.45, 2.75) is 6.54 Å². The molecule has 0 saturated heterocycles. The Bertz CT molecular complexity index is 775. The number of nitrogens with zero attached hydrogens (tertiary/aromatic N) is 2. The summed E-state index contributed by atoms with van der Waals surface area (Å²) in [6.07, 6.45) is 1.22. The lowest BCUT2D eigenvalue weighted by Crippen LogP contribution is -2.37. The van der Waals surface area contributed by atoms with Gasteiger partial charge < -0.3 is 5.32 Å². The predicted octanol–water partition coefficient (Wildman–Crippen LogP) is 1.36. The van der Waals surface area contributed by atoms with E-state index < -0.39 is 16.7 Å². The standard InChI is InChI=1S/C16H14N4O4/c21-15(17-10-12-5-2-1-3-6-12)16(22)19-18-11-13-7-4-8-14(9-13)20(23)24/h1-9,11H,10H2,(H,17,21)(H,19,22)/b18-11-. The number of nitro benzene ring substituents is 1. The number of nitrogens with one attached hydrogen (secondary N) is 2. The van der Waals surface area contributed by atoms with Crippen LogP contribution in [0.15, 0.2) is 59.7 Å². The molecule has 8 heteroatoms. The van der Waals surface area contributed by atoms with Crippen molar-refractivity contribution in [3.63, 3.8) is 0 Å². The Balaban J connectivity index is 1.84. The third-order valence-electron chi connectivity index (χ3n) is 2.96. The van der Waals surface area contributed by atoms with Crippen molar-refractivity contribution in [2.75, 3.05) is 0 Å². The second kappa shape index (κ2) is 8.18. The normalized spacial score (nSPS) is 10.3. The summed E-state index contributed by atoms with van der Waals surface area (Å²) in [7, 11) is 0. The summed E-state index contributed by atoms with van der Waals surface area (Å²) < 4.78 is 0. The van der Waals surface area contributed by atoms with Crippen LogP contribution in [0.4, 0.5) is 5.69 Å². The second-order valence-electron chi connectivity index (χ2n) is 4.72. The van der Waals surface area contributed by atoms with E-state index in [4.69, 9.17) is 0 Å². The maximum Gasteiger partial charge on any atom is 0.329 e. The van der Waals surface area contributed by atoms with E-state index in [2.05, 4.69) is 15.8 Å². The molecule has 8 nitrogen and oxygen atoms in total. The molecule has 0 heterocycles. The number of benzene rings is 2. The second-order valence-corrected chi connectivity index (χ2v) is 4.72. The zero-order valence-electron chi connectivity index (χ0n) is 12.5. The summed E-state index contributed by atoms with van der Waals surface area (Å²) in [5.74, 6) is -1.75. The maximum absolute atomic E-state index is 11.6. The first kappa shape index (κ1) is 16.8. The minimum absolute atomic E-state index is 0.0918. The molecule has 0 aliphatic heterocycles. The van der Waals surface area contributed by atoms with Crippen LogP contribution in [0.1, 0.15) is 11.1 Å². The number of hydrazone groups is 1. The van der Waals surface area contributed by atoms with Gasteiger partial charge in [0, 0.05) is 24.2 Å². The van der Waals surface area contributed by atoms with Crippen molar-refractivity contribution in [3.8, 4) is 0 Å². The van der Waals surface area contributed by atoms with Crippen LogP contribution in [0.3, 0.4) is 0 Å². The van der Waals surface area contributed by atoms with Gasteiger partial charge in [0.2, 0.25) is 0 Å². The predicted molar refractivity (Wildman–Crippen MR) is 87.1 cm³/mol. The smallest absolute Gasteiger partial charge is 0.329 e. The van der Waals surface area contributed by atoms with E-state index in [0.717, 1.165) is 5.56 Å². The van der Waals surface area contributed by atoms with Crippen molar-refractivity contribution < 1.29 is 14.5 Å². The zero-order valence-corrected chi connectivity index (χ0v) is 12.5. The van der Waals surface area contributed by atoms with Gasteiger partial charge in [0.25, 0.3) is 5.69 Å². The number of amides is 2. The van der Waals surface area contributed by atoms with Crippen LogP contribution >= 0.6 is 0 Å². The molecule has 24 heavy (non-hydrogen) atoms. The Hall–Kier alpha value is -3.55. The maximum atomic E-state index is 11.6. The molecule has 122 valence electrons. The first-order chi connectivity index (χ1) is 11.6. The Labute approximate surface area is 137 Å². The van der Waals surface area contributed by atoms with Crippen molar-refractivity contribution in [2.24, 2.45) is 5.10 Å². The summed E-state index contributed by atoms with van der Waals surface area (Å²) in [5.41, 5.74) is 3.26. The summed E-state index contributed by atoms with van der Waals surface area (Å²) in [6.45, 7) is 0.224. The van der Waals surface area contributed by atoms with Gasteiger partial charge in [-0.3, -0.25) is 19.7 Å². The average molecular weight is 326 g/mol. The van der Waals surface area contributed by atoms with E-state index in [0.29, 0.717) is 5.56 Å². The van der Waals surface area contributed by atoms with E-state index in [1.807, 2.05) is 30.3 Å². The Morgan fingerprint density at radius 2 is 1.83 bits per heavy atom. The van der Waals surface area contributed by atoms with E-state index in [1.54, 1.807) is 6.07 Å². The quantitative estimate of drug-likeness (QED) is 0.374. The molecular formula is C16H14N4O4. The third kappa shape index (κ3) is 5.02. The lowest BCUT2D eigenvalue weighted by Gasteiger charge is -2.03. The van der Waals surface area contributed by atoms with Gasteiger partial charge in [-0.25, -0.2) is 5.43 Å². The molecule has 0 unspecified atom stereocenters. The Kier molecular flexibility index (Phi) is 5.73.